The lowest BCUT2D eigenvalue weighted by molar-refractivity contribution is -0.145. The topological polar surface area (TPSA) is 52.9 Å². The molecule has 3 rings (SSSR count). The number of hydrogen-bond acceptors (Lipinski definition) is 3. The van der Waals surface area contributed by atoms with E-state index in [-0.39, 0.29) is 5.91 Å². The molecular weight excluding hydrogens is 228 g/mol. The van der Waals surface area contributed by atoms with E-state index in [4.69, 9.17) is 0 Å². The van der Waals surface area contributed by atoms with Crippen molar-refractivity contribution in [3.63, 3.8) is 0 Å². The Bertz CT molecular complexity index is 498. The summed E-state index contributed by atoms with van der Waals surface area (Å²) in [6.45, 7) is 0.592. The largest absolute Gasteiger partial charge is 0.352 e. The normalized spacial score (nSPS) is 27.7. The maximum Gasteiger partial charge on any atom is 0.276 e. The number of hydrogen-bond donors (Lipinski definition) is 1. The van der Waals surface area contributed by atoms with E-state index in [0.717, 1.165) is 24.8 Å². The van der Waals surface area contributed by atoms with E-state index in [2.05, 4.69) is 4.99 Å². The number of carbonyl (C=O) groups excluding carboxylic acids is 1. The van der Waals surface area contributed by atoms with Crippen LogP contribution in [0.15, 0.2) is 35.3 Å². The first-order valence-electron chi connectivity index (χ1n) is 6.40. The highest BCUT2D eigenvalue weighted by molar-refractivity contribution is 6.46. The third-order valence-corrected chi connectivity index (χ3v) is 3.61. The molecule has 0 spiro atoms. The molecule has 1 fully saturated rings. The van der Waals surface area contributed by atoms with Gasteiger partial charge in [0.25, 0.3) is 5.91 Å². The molecule has 0 saturated carbocycles. The summed E-state index contributed by atoms with van der Waals surface area (Å²) in [5, 5.41) is 10.5. The van der Waals surface area contributed by atoms with Crippen LogP contribution in [0.4, 0.5) is 0 Å². The van der Waals surface area contributed by atoms with Gasteiger partial charge in [0.2, 0.25) is 5.85 Å². The lowest BCUT2D eigenvalue weighted by Crippen LogP contribution is -2.46. The molecule has 4 heteroatoms. The predicted octanol–water partition coefficient (Wildman–Crippen LogP) is 1.54. The molecule has 0 bridgehead atoms. The summed E-state index contributed by atoms with van der Waals surface area (Å²) in [6, 6.07) is 9.35. The summed E-state index contributed by atoms with van der Waals surface area (Å²) in [5.74, 6) is -1.45. The Morgan fingerprint density at radius 1 is 1.17 bits per heavy atom. The van der Waals surface area contributed by atoms with Crippen LogP contribution in [-0.4, -0.2) is 34.0 Å². The zero-order valence-electron chi connectivity index (χ0n) is 10.2. The molecule has 1 atom stereocenters. The van der Waals surface area contributed by atoms with Gasteiger partial charge in [0, 0.05) is 18.5 Å². The summed E-state index contributed by atoms with van der Waals surface area (Å²) in [4.78, 5) is 18.2. The number of rotatable bonds is 1. The van der Waals surface area contributed by atoms with Gasteiger partial charge in [0.05, 0.1) is 0 Å². The van der Waals surface area contributed by atoms with Crippen molar-refractivity contribution >= 4 is 11.6 Å². The Hall–Kier alpha value is -1.68. The van der Waals surface area contributed by atoms with Gasteiger partial charge in [-0.15, -0.1) is 0 Å². The lowest BCUT2D eigenvalue weighted by Gasteiger charge is -2.28. The first-order valence-corrected chi connectivity index (χ1v) is 6.40. The lowest BCUT2D eigenvalue weighted by atomic mass is 10.1. The van der Waals surface area contributed by atoms with Gasteiger partial charge < -0.3 is 5.11 Å². The molecule has 0 aromatic heterocycles. The van der Waals surface area contributed by atoms with E-state index in [9.17, 15) is 9.90 Å². The van der Waals surface area contributed by atoms with Gasteiger partial charge in [-0.3, -0.25) is 9.69 Å². The zero-order valence-corrected chi connectivity index (χ0v) is 10.2. The van der Waals surface area contributed by atoms with Crippen molar-refractivity contribution in [2.45, 2.75) is 31.5 Å². The first kappa shape index (κ1) is 11.4. The number of nitrogens with zero attached hydrogens (tertiary/aromatic N) is 2. The van der Waals surface area contributed by atoms with Crippen LogP contribution in [0.5, 0.6) is 0 Å². The summed E-state index contributed by atoms with van der Waals surface area (Å²) in [5.41, 5.74) is 1.17. The molecule has 1 aromatic carbocycles. The van der Waals surface area contributed by atoms with Gasteiger partial charge in [-0.2, -0.15) is 0 Å². The molecule has 94 valence electrons. The molecule has 2 aliphatic rings. The number of amides is 1. The van der Waals surface area contributed by atoms with E-state index in [1.807, 2.05) is 30.3 Å². The van der Waals surface area contributed by atoms with Crippen LogP contribution in [0.1, 0.15) is 31.2 Å². The van der Waals surface area contributed by atoms with Crippen LogP contribution in [-0.2, 0) is 4.79 Å². The second kappa shape index (κ2) is 4.21. The van der Waals surface area contributed by atoms with Crippen LogP contribution >= 0.6 is 0 Å². The standard InChI is InChI=1S/C14H16N2O2/c17-13-12(11-7-3-1-4-8-11)15-14(18)9-5-2-6-10-16(13)14/h1,3-4,7-8,18H,2,5-6,9-10H2. The van der Waals surface area contributed by atoms with Crippen molar-refractivity contribution in [2.75, 3.05) is 6.54 Å². The first-order chi connectivity index (χ1) is 8.71. The monoisotopic (exact) mass is 244 g/mol. The Labute approximate surface area is 106 Å². The Morgan fingerprint density at radius 2 is 1.94 bits per heavy atom. The highest BCUT2D eigenvalue weighted by atomic mass is 16.3. The molecule has 4 nitrogen and oxygen atoms in total. The van der Waals surface area contributed by atoms with Gasteiger partial charge in [-0.05, 0) is 12.8 Å². The average Bonchev–Trinajstić information content (AvgIpc) is 2.54. The van der Waals surface area contributed by atoms with Gasteiger partial charge in [-0.1, -0.05) is 36.8 Å². The SMILES string of the molecule is O=C1C(c2ccccc2)=NC2(O)CCCCCN12. The van der Waals surface area contributed by atoms with Crippen molar-refractivity contribution in [1.29, 1.82) is 0 Å². The van der Waals surface area contributed by atoms with E-state index in [0.29, 0.717) is 18.7 Å². The Balaban J connectivity index is 2.00. The van der Waals surface area contributed by atoms with Crippen molar-refractivity contribution in [1.82, 2.24) is 4.90 Å². The van der Waals surface area contributed by atoms with Crippen LogP contribution in [0.2, 0.25) is 0 Å². The highest BCUT2D eigenvalue weighted by Crippen LogP contribution is 2.32. The summed E-state index contributed by atoms with van der Waals surface area (Å²) in [6.07, 6.45) is 3.43. The molecule has 18 heavy (non-hydrogen) atoms. The Kier molecular flexibility index (Phi) is 2.67. The van der Waals surface area contributed by atoms with Gasteiger partial charge in [0.15, 0.2) is 0 Å². The molecule has 1 saturated heterocycles. The molecule has 0 aliphatic carbocycles. The maximum atomic E-state index is 12.3. The smallest absolute Gasteiger partial charge is 0.276 e. The number of aliphatic hydroxyl groups is 1. The Morgan fingerprint density at radius 3 is 2.72 bits per heavy atom. The van der Waals surface area contributed by atoms with E-state index in [1.165, 1.54) is 4.90 Å². The van der Waals surface area contributed by atoms with E-state index < -0.39 is 5.85 Å². The maximum absolute atomic E-state index is 12.3. The number of fused-ring (bicyclic) bond motifs is 1. The second-order valence-electron chi connectivity index (χ2n) is 4.87. The van der Waals surface area contributed by atoms with Crippen LogP contribution < -0.4 is 0 Å². The molecule has 2 heterocycles. The molecule has 1 N–H and O–H groups in total. The molecular formula is C14H16N2O2. The third kappa shape index (κ3) is 1.73. The van der Waals surface area contributed by atoms with Crippen LogP contribution in [0, 0.1) is 0 Å². The predicted molar refractivity (Wildman–Crippen MR) is 68.1 cm³/mol. The molecule has 2 aliphatic heterocycles. The van der Waals surface area contributed by atoms with Gasteiger partial charge in [0.1, 0.15) is 5.71 Å². The summed E-state index contributed by atoms with van der Waals surface area (Å²) >= 11 is 0. The summed E-state index contributed by atoms with van der Waals surface area (Å²) in [7, 11) is 0. The molecule has 1 aromatic rings. The van der Waals surface area contributed by atoms with Crippen molar-refractivity contribution in [2.24, 2.45) is 4.99 Å². The molecule has 1 amide bonds. The van der Waals surface area contributed by atoms with Gasteiger partial charge in [-0.25, -0.2) is 4.99 Å². The molecule has 0 radical (unpaired) electrons. The number of benzene rings is 1. The van der Waals surface area contributed by atoms with Crippen LogP contribution in [0.25, 0.3) is 0 Å². The van der Waals surface area contributed by atoms with Crippen LogP contribution in [0.3, 0.4) is 0 Å². The fraction of sp³-hybridized carbons (Fsp3) is 0.429. The quantitative estimate of drug-likeness (QED) is 0.814. The third-order valence-electron chi connectivity index (χ3n) is 3.61. The average molecular weight is 244 g/mol. The fourth-order valence-corrected chi connectivity index (χ4v) is 2.64. The zero-order chi connectivity index (χ0) is 12.6. The van der Waals surface area contributed by atoms with Crippen molar-refractivity contribution in [3.8, 4) is 0 Å². The van der Waals surface area contributed by atoms with Crippen molar-refractivity contribution in [3.05, 3.63) is 35.9 Å². The summed E-state index contributed by atoms with van der Waals surface area (Å²) < 4.78 is 0. The molecule has 1 unspecified atom stereocenters. The minimum absolute atomic E-state index is 0.148. The second-order valence-corrected chi connectivity index (χ2v) is 4.87. The number of carbonyl (C=O) groups is 1. The van der Waals surface area contributed by atoms with E-state index in [1.54, 1.807) is 0 Å². The number of aliphatic imine (C=N–C) groups is 1. The van der Waals surface area contributed by atoms with E-state index >= 15 is 0 Å². The van der Waals surface area contributed by atoms with Crippen molar-refractivity contribution < 1.29 is 9.90 Å². The fourth-order valence-electron chi connectivity index (χ4n) is 2.64. The minimum atomic E-state index is -1.31. The highest BCUT2D eigenvalue weighted by Gasteiger charge is 2.46. The van der Waals surface area contributed by atoms with Gasteiger partial charge >= 0.3 is 0 Å². The minimum Gasteiger partial charge on any atom is -0.352 e.